The molecule has 0 saturated carbocycles. The van der Waals surface area contributed by atoms with Gasteiger partial charge in [0.15, 0.2) is 5.13 Å². The third kappa shape index (κ3) is 5.79. The first kappa shape index (κ1) is 24.0. The number of sulfonamides is 1. The normalized spacial score (nSPS) is 11.8. The fourth-order valence-corrected chi connectivity index (χ4v) is 4.91. The van der Waals surface area contributed by atoms with Gasteiger partial charge in [0, 0.05) is 16.5 Å². The number of carbonyl (C=O) groups excluding carboxylic acids is 1. The highest BCUT2D eigenvalue weighted by atomic mass is 35.5. The Balaban J connectivity index is 1.80. The Morgan fingerprint density at radius 1 is 1.16 bits per heavy atom. The van der Waals surface area contributed by atoms with Gasteiger partial charge in [0.2, 0.25) is 0 Å². The van der Waals surface area contributed by atoms with Crippen LogP contribution in [-0.4, -0.2) is 25.9 Å². The molecule has 0 bridgehead atoms. The molecule has 7 nitrogen and oxygen atoms in total. The summed E-state index contributed by atoms with van der Waals surface area (Å²) in [6.07, 6.45) is 0. The van der Waals surface area contributed by atoms with Gasteiger partial charge in [-0.25, -0.2) is 13.4 Å². The summed E-state index contributed by atoms with van der Waals surface area (Å²) in [7, 11) is -3.94. The minimum absolute atomic E-state index is 0.0359. The molecule has 2 aromatic carbocycles. The molecule has 0 aliphatic heterocycles. The van der Waals surface area contributed by atoms with Crippen LogP contribution in [0.5, 0.6) is 5.75 Å². The van der Waals surface area contributed by atoms with Crippen molar-refractivity contribution in [2.24, 2.45) is 0 Å². The predicted molar refractivity (Wildman–Crippen MR) is 129 cm³/mol. The van der Waals surface area contributed by atoms with Crippen molar-refractivity contribution in [3.63, 3.8) is 0 Å². The molecular formula is C22H24ClN3O4S2. The number of halogens is 1. The van der Waals surface area contributed by atoms with Gasteiger partial charge in [-0.05, 0) is 49.4 Å². The Morgan fingerprint density at radius 2 is 1.84 bits per heavy atom. The molecule has 0 spiro atoms. The van der Waals surface area contributed by atoms with Crippen LogP contribution in [0.1, 0.15) is 43.7 Å². The van der Waals surface area contributed by atoms with Crippen molar-refractivity contribution in [2.75, 3.05) is 16.6 Å². The highest BCUT2D eigenvalue weighted by molar-refractivity contribution is 7.92. The van der Waals surface area contributed by atoms with E-state index in [9.17, 15) is 13.2 Å². The lowest BCUT2D eigenvalue weighted by atomic mass is 9.93. The summed E-state index contributed by atoms with van der Waals surface area (Å²) in [5.41, 5.74) is 1.10. The van der Waals surface area contributed by atoms with E-state index in [0.717, 1.165) is 5.69 Å². The van der Waals surface area contributed by atoms with Crippen molar-refractivity contribution in [3.8, 4) is 5.75 Å². The standard InChI is InChI=1S/C22H24ClN3O4S2/c1-5-30-15-8-6-14(7-9-15)26-32(28,29)16-10-11-18(23)17(12-16)20(27)25-21-24-19(13-31-21)22(2,3)4/h6-13,26H,5H2,1-4H3,(H,24,25,27). The van der Waals surface area contributed by atoms with Crippen LogP contribution >= 0.6 is 22.9 Å². The summed E-state index contributed by atoms with van der Waals surface area (Å²) in [5, 5.41) is 5.11. The summed E-state index contributed by atoms with van der Waals surface area (Å²) in [4.78, 5) is 17.1. The molecule has 0 aliphatic carbocycles. The third-order valence-electron chi connectivity index (χ3n) is 4.40. The molecule has 3 aromatic rings. The number of nitrogens with zero attached hydrogens (tertiary/aromatic N) is 1. The molecule has 2 N–H and O–H groups in total. The largest absolute Gasteiger partial charge is 0.494 e. The Morgan fingerprint density at radius 3 is 2.44 bits per heavy atom. The highest BCUT2D eigenvalue weighted by Gasteiger charge is 2.21. The van der Waals surface area contributed by atoms with E-state index < -0.39 is 15.9 Å². The van der Waals surface area contributed by atoms with Gasteiger partial charge >= 0.3 is 0 Å². The van der Waals surface area contributed by atoms with Gasteiger partial charge in [-0.15, -0.1) is 11.3 Å². The molecule has 170 valence electrons. The van der Waals surface area contributed by atoms with Crippen molar-refractivity contribution in [2.45, 2.75) is 38.0 Å². The first-order valence-corrected chi connectivity index (χ1v) is 12.6. The zero-order valence-electron chi connectivity index (χ0n) is 18.1. The van der Waals surface area contributed by atoms with E-state index in [1.807, 2.05) is 33.1 Å². The number of aromatic nitrogens is 1. The molecule has 0 aliphatic rings. The summed E-state index contributed by atoms with van der Waals surface area (Å²) in [6, 6.07) is 10.5. The van der Waals surface area contributed by atoms with Gasteiger partial charge in [0.1, 0.15) is 5.75 Å². The molecular weight excluding hydrogens is 470 g/mol. The van der Waals surface area contributed by atoms with Gasteiger partial charge in [0.25, 0.3) is 15.9 Å². The minimum Gasteiger partial charge on any atom is -0.494 e. The second kappa shape index (κ2) is 9.48. The van der Waals surface area contributed by atoms with E-state index >= 15 is 0 Å². The Labute approximate surface area is 196 Å². The van der Waals surface area contributed by atoms with E-state index in [2.05, 4.69) is 15.0 Å². The second-order valence-electron chi connectivity index (χ2n) is 7.95. The van der Waals surface area contributed by atoms with E-state index in [0.29, 0.717) is 23.2 Å². The number of carbonyl (C=O) groups is 1. The highest BCUT2D eigenvalue weighted by Crippen LogP contribution is 2.28. The minimum atomic E-state index is -3.94. The molecule has 1 amide bonds. The molecule has 0 fully saturated rings. The smallest absolute Gasteiger partial charge is 0.261 e. The summed E-state index contributed by atoms with van der Waals surface area (Å²) >= 11 is 7.48. The average Bonchev–Trinajstić information content (AvgIpc) is 3.18. The van der Waals surface area contributed by atoms with Gasteiger partial charge in [-0.1, -0.05) is 32.4 Å². The first-order valence-electron chi connectivity index (χ1n) is 9.82. The van der Waals surface area contributed by atoms with Crippen molar-refractivity contribution in [1.82, 2.24) is 4.98 Å². The monoisotopic (exact) mass is 493 g/mol. The number of anilines is 2. The van der Waals surface area contributed by atoms with E-state index in [1.165, 1.54) is 29.5 Å². The fourth-order valence-electron chi connectivity index (χ4n) is 2.69. The number of hydrogen-bond donors (Lipinski definition) is 2. The van der Waals surface area contributed by atoms with Crippen LogP contribution in [0, 0.1) is 0 Å². The molecule has 0 radical (unpaired) electrons. The lowest BCUT2D eigenvalue weighted by molar-refractivity contribution is 0.102. The number of amides is 1. The molecule has 0 atom stereocenters. The first-order chi connectivity index (χ1) is 15.0. The summed E-state index contributed by atoms with van der Waals surface area (Å²) in [5.74, 6) is 0.0978. The van der Waals surface area contributed by atoms with E-state index in [1.54, 1.807) is 24.3 Å². The SMILES string of the molecule is CCOc1ccc(NS(=O)(=O)c2ccc(Cl)c(C(=O)Nc3nc(C(C)(C)C)cs3)c2)cc1. The molecule has 1 aromatic heterocycles. The van der Waals surface area contributed by atoms with Gasteiger partial charge in [-0.3, -0.25) is 14.8 Å². The maximum Gasteiger partial charge on any atom is 0.261 e. The lowest BCUT2D eigenvalue weighted by Gasteiger charge is -2.14. The predicted octanol–water partition coefficient (Wildman–Crippen LogP) is 5.55. The van der Waals surface area contributed by atoms with Crippen LogP contribution in [0.2, 0.25) is 5.02 Å². The average molecular weight is 494 g/mol. The molecule has 1 heterocycles. The molecule has 0 unspecified atom stereocenters. The molecule has 3 rings (SSSR count). The lowest BCUT2D eigenvalue weighted by Crippen LogP contribution is -2.17. The topological polar surface area (TPSA) is 97.4 Å². The van der Waals surface area contributed by atoms with Crippen molar-refractivity contribution >= 4 is 49.7 Å². The summed E-state index contributed by atoms with van der Waals surface area (Å²) in [6.45, 7) is 8.45. The number of rotatable bonds is 7. The number of nitrogens with one attached hydrogen (secondary N) is 2. The molecule has 10 heteroatoms. The van der Waals surface area contributed by atoms with Gasteiger partial charge < -0.3 is 4.74 Å². The van der Waals surface area contributed by atoms with Gasteiger partial charge in [0.05, 0.1) is 27.8 Å². The maximum absolute atomic E-state index is 12.8. The molecule has 0 saturated heterocycles. The summed E-state index contributed by atoms with van der Waals surface area (Å²) < 4.78 is 33.5. The van der Waals surface area contributed by atoms with Crippen LogP contribution in [0.3, 0.4) is 0 Å². The fraction of sp³-hybridized carbons (Fsp3) is 0.273. The number of ether oxygens (including phenoxy) is 1. The Hall–Kier alpha value is -2.62. The zero-order chi connectivity index (χ0) is 23.5. The van der Waals surface area contributed by atoms with Crippen LogP contribution in [0.15, 0.2) is 52.7 Å². The number of hydrogen-bond acceptors (Lipinski definition) is 6. The number of thiazole rings is 1. The Bertz CT molecular complexity index is 1220. The van der Waals surface area contributed by atoms with Crippen LogP contribution in [-0.2, 0) is 15.4 Å². The van der Waals surface area contributed by atoms with Crippen molar-refractivity contribution in [3.05, 3.63) is 64.1 Å². The van der Waals surface area contributed by atoms with Crippen LogP contribution in [0.4, 0.5) is 10.8 Å². The maximum atomic E-state index is 12.8. The van der Waals surface area contributed by atoms with Crippen molar-refractivity contribution in [1.29, 1.82) is 0 Å². The van der Waals surface area contributed by atoms with E-state index in [-0.39, 0.29) is 20.9 Å². The quantitative estimate of drug-likeness (QED) is 0.450. The van der Waals surface area contributed by atoms with Crippen molar-refractivity contribution < 1.29 is 17.9 Å². The zero-order valence-corrected chi connectivity index (χ0v) is 20.5. The van der Waals surface area contributed by atoms with Crippen LogP contribution < -0.4 is 14.8 Å². The van der Waals surface area contributed by atoms with Crippen LogP contribution in [0.25, 0.3) is 0 Å². The molecule has 32 heavy (non-hydrogen) atoms. The Kier molecular flexibility index (Phi) is 7.12. The number of benzene rings is 2. The van der Waals surface area contributed by atoms with E-state index in [4.69, 9.17) is 16.3 Å². The second-order valence-corrected chi connectivity index (χ2v) is 10.9. The van der Waals surface area contributed by atoms with Gasteiger partial charge in [-0.2, -0.15) is 0 Å². The third-order valence-corrected chi connectivity index (χ3v) is 6.87.